The third kappa shape index (κ3) is 3.98. The van der Waals surface area contributed by atoms with Crippen LogP contribution in [0.15, 0.2) is 68.3 Å². The van der Waals surface area contributed by atoms with Crippen molar-refractivity contribution < 1.29 is 19.1 Å². The largest absolute Gasteiger partial charge is 0.425 e. The number of thioether (sulfide) groups is 2. The predicted octanol–water partition coefficient (Wildman–Crippen LogP) is 9.36. The second-order valence-electron chi connectivity index (χ2n) is 13.6. The number of carbonyl (C=O) groups is 2. The maximum atomic E-state index is 14.0. The maximum absolute atomic E-state index is 14.0. The van der Waals surface area contributed by atoms with E-state index in [-0.39, 0.29) is 46.7 Å². The van der Waals surface area contributed by atoms with Crippen LogP contribution in [-0.2, 0) is 15.0 Å². The van der Waals surface area contributed by atoms with Gasteiger partial charge in [0.05, 0.1) is 38.5 Å². The van der Waals surface area contributed by atoms with E-state index >= 15 is 0 Å². The van der Waals surface area contributed by atoms with Crippen molar-refractivity contribution in [3.05, 3.63) is 103 Å². The fourth-order valence-electron chi connectivity index (χ4n) is 9.41. The summed E-state index contributed by atoms with van der Waals surface area (Å²) < 4.78 is 13.7. The predicted molar refractivity (Wildman–Crippen MR) is 179 cm³/mol. The molecule has 3 aromatic rings. The molecule has 5 aliphatic carbocycles. The van der Waals surface area contributed by atoms with E-state index in [1.54, 1.807) is 0 Å². The number of carbonyl (C=O) groups excluding carboxylic acids is 2. The Morgan fingerprint density at radius 1 is 0.745 bits per heavy atom. The first-order chi connectivity index (χ1) is 23.1. The Labute approximate surface area is 282 Å². The average molecular weight is 657 g/mol. The van der Waals surface area contributed by atoms with Gasteiger partial charge in [-0.3, -0.25) is 9.59 Å². The van der Waals surface area contributed by atoms with Crippen LogP contribution in [0.1, 0.15) is 109 Å². The van der Waals surface area contributed by atoms with Gasteiger partial charge < -0.3 is 9.47 Å². The Morgan fingerprint density at radius 2 is 1.19 bits per heavy atom. The summed E-state index contributed by atoms with van der Waals surface area (Å²) in [5.41, 5.74) is 6.48. The summed E-state index contributed by atoms with van der Waals surface area (Å²) >= 11 is 2.60. The third-order valence-corrected chi connectivity index (χ3v) is 14.0. The maximum Gasteiger partial charge on any atom is 0.314 e. The third-order valence-electron chi connectivity index (χ3n) is 11.4. The first kappa shape index (κ1) is 29.2. The average Bonchev–Trinajstić information content (AvgIpc) is 3.63. The number of esters is 2. The van der Waals surface area contributed by atoms with Gasteiger partial charge in [-0.25, -0.2) is 10.1 Å². The van der Waals surface area contributed by atoms with Gasteiger partial charge in [0, 0.05) is 28.4 Å². The van der Waals surface area contributed by atoms with Crippen LogP contribution in [0.4, 0.5) is 0 Å². The molecule has 6 aliphatic rings. The summed E-state index contributed by atoms with van der Waals surface area (Å²) in [6.45, 7) is 7.71. The highest BCUT2D eigenvalue weighted by Gasteiger charge is 2.71. The van der Waals surface area contributed by atoms with Gasteiger partial charge in [-0.2, -0.15) is 0 Å². The van der Waals surface area contributed by atoms with E-state index in [2.05, 4.69) is 59.4 Å². The summed E-state index contributed by atoms with van der Waals surface area (Å²) in [7, 11) is 0. The lowest BCUT2D eigenvalue weighted by Gasteiger charge is -2.58. The Morgan fingerprint density at radius 3 is 1.62 bits per heavy atom. The molecular formula is C39H32N2O4S2. The van der Waals surface area contributed by atoms with Gasteiger partial charge >= 0.3 is 11.9 Å². The van der Waals surface area contributed by atoms with Crippen molar-refractivity contribution in [3.8, 4) is 17.6 Å². The minimum atomic E-state index is -0.328. The summed E-state index contributed by atoms with van der Waals surface area (Å²) in [4.78, 5) is 32.8. The van der Waals surface area contributed by atoms with E-state index in [1.807, 2.05) is 0 Å². The molecule has 3 aromatic carbocycles. The van der Waals surface area contributed by atoms with Gasteiger partial charge in [0.1, 0.15) is 11.5 Å². The lowest BCUT2D eigenvalue weighted by molar-refractivity contribution is -0.141. The molecule has 3 atom stereocenters. The van der Waals surface area contributed by atoms with Crippen LogP contribution in [0.3, 0.4) is 0 Å². The van der Waals surface area contributed by atoms with Crippen molar-refractivity contribution in [2.75, 3.05) is 0 Å². The zero-order chi connectivity index (χ0) is 31.9. The van der Waals surface area contributed by atoms with Gasteiger partial charge in [0.2, 0.25) is 0 Å². The highest BCUT2D eigenvalue weighted by Crippen LogP contribution is 2.81. The molecule has 0 saturated heterocycles. The number of allylic oxidation sites excluding steroid dienone is 1. The van der Waals surface area contributed by atoms with E-state index < -0.39 is 0 Å². The fraction of sp³-hybridized carbons (Fsp3) is 0.385. The summed E-state index contributed by atoms with van der Waals surface area (Å²) in [6.07, 6.45) is 9.56. The molecule has 1 heterocycles. The number of hydrogen-bond acceptors (Lipinski definition) is 7. The van der Waals surface area contributed by atoms with Crippen LogP contribution in [0.5, 0.6) is 11.5 Å². The Kier molecular flexibility index (Phi) is 6.86. The van der Waals surface area contributed by atoms with Gasteiger partial charge in [-0.15, -0.1) is 0 Å². The summed E-state index contributed by atoms with van der Waals surface area (Å²) in [5.74, 6) is 0.146. The summed E-state index contributed by atoms with van der Waals surface area (Å²) in [5, 5.41) is 9.87. The number of hydrogen-bond donors (Lipinski definition) is 0. The monoisotopic (exact) mass is 656 g/mol. The molecule has 2 saturated carbocycles. The quantitative estimate of drug-likeness (QED) is 0.120. The lowest BCUT2D eigenvalue weighted by Crippen LogP contribution is -2.52. The second kappa shape index (κ2) is 11.0. The minimum absolute atomic E-state index is 0.0113. The normalized spacial score (nSPS) is 26.0. The van der Waals surface area contributed by atoms with Crippen LogP contribution in [0.25, 0.3) is 4.85 Å². The number of fused-ring (bicyclic) bond motifs is 8. The number of nitrogens with zero attached hydrogens (tertiary/aromatic N) is 2. The first-order valence-corrected chi connectivity index (χ1v) is 18.4. The molecule has 1 aliphatic heterocycles. The first-order valence-electron chi connectivity index (χ1n) is 16.8. The molecule has 8 heteroatoms. The molecule has 6 nitrogen and oxygen atoms in total. The number of rotatable bonds is 4. The SMILES string of the molecule is [C-]#[N+]C(C#N)=C1Sc2c(OC(=O)C3CCCCC3)c3c(c(OC(=O)C4CCCCC4)c2S1)[C@@H]1c2ccccc2C12c1ccccc1C32. The van der Waals surface area contributed by atoms with E-state index in [9.17, 15) is 14.9 Å². The van der Waals surface area contributed by atoms with E-state index in [0.29, 0.717) is 25.5 Å². The summed E-state index contributed by atoms with van der Waals surface area (Å²) in [6, 6.07) is 19.2. The topological polar surface area (TPSA) is 80.8 Å². The molecular weight excluding hydrogens is 625 g/mol. The molecule has 0 aromatic heterocycles. The highest BCUT2D eigenvalue weighted by atomic mass is 32.2. The van der Waals surface area contributed by atoms with Crippen molar-refractivity contribution in [2.24, 2.45) is 11.8 Å². The zero-order valence-electron chi connectivity index (χ0n) is 25.8. The van der Waals surface area contributed by atoms with Gasteiger partial charge in [-0.1, -0.05) is 111 Å². The number of benzene rings is 3. The molecule has 2 fully saturated rings. The molecule has 0 bridgehead atoms. The molecule has 9 rings (SSSR count). The molecule has 2 unspecified atom stereocenters. The highest BCUT2D eigenvalue weighted by molar-refractivity contribution is 8.24. The molecule has 0 amide bonds. The van der Waals surface area contributed by atoms with Gasteiger partial charge in [-0.05, 0) is 47.9 Å². The van der Waals surface area contributed by atoms with Crippen molar-refractivity contribution in [3.63, 3.8) is 0 Å². The molecule has 0 N–H and O–H groups in total. The van der Waals surface area contributed by atoms with E-state index in [0.717, 1.165) is 75.3 Å². The van der Waals surface area contributed by atoms with Crippen molar-refractivity contribution >= 4 is 35.5 Å². The van der Waals surface area contributed by atoms with Crippen molar-refractivity contribution in [1.29, 1.82) is 5.26 Å². The van der Waals surface area contributed by atoms with Crippen LogP contribution in [0, 0.1) is 29.7 Å². The van der Waals surface area contributed by atoms with E-state index in [1.165, 1.54) is 45.8 Å². The zero-order valence-corrected chi connectivity index (χ0v) is 27.5. The van der Waals surface area contributed by atoms with Crippen molar-refractivity contribution in [2.45, 2.75) is 91.2 Å². The molecule has 1 spiro atoms. The Hall–Kier alpha value is -3.98. The molecule has 234 valence electrons. The van der Waals surface area contributed by atoms with Crippen LogP contribution < -0.4 is 9.47 Å². The Bertz CT molecular complexity index is 1870. The van der Waals surface area contributed by atoms with Crippen molar-refractivity contribution in [1.82, 2.24) is 0 Å². The molecule has 0 radical (unpaired) electrons. The second-order valence-corrected chi connectivity index (χ2v) is 15.9. The lowest BCUT2D eigenvalue weighted by atomic mass is 9.43. The molecule has 47 heavy (non-hydrogen) atoms. The smallest absolute Gasteiger partial charge is 0.314 e. The van der Waals surface area contributed by atoms with Crippen LogP contribution >= 0.6 is 23.5 Å². The van der Waals surface area contributed by atoms with E-state index in [4.69, 9.17) is 16.0 Å². The van der Waals surface area contributed by atoms with Crippen LogP contribution in [-0.4, -0.2) is 11.9 Å². The number of ether oxygens (including phenoxy) is 2. The number of nitriles is 1. The standard InChI is InChI=1S/C39H32N2O4S2/c1-41-27(20-40)38-46-34-32(44-36(42)21-12-4-2-5-13-21)28-29(33(35(34)47-38)45-37(43)22-14-6-3-7-15-22)31-24-17-9-11-19-26(24)39(31)25-18-10-8-16-23(25)30(28)39/h8-11,16-19,21-22,30-31H,2-7,12-15H2/t30-,31?,39?/m0/s1. The Balaban J connectivity index is 1.30. The minimum Gasteiger partial charge on any atom is -0.425 e. The fourth-order valence-corrected chi connectivity index (χ4v) is 11.9. The van der Waals surface area contributed by atoms with Gasteiger partial charge in [0.15, 0.2) is 0 Å². The van der Waals surface area contributed by atoms with Gasteiger partial charge in [0.25, 0.3) is 5.70 Å². The van der Waals surface area contributed by atoms with Crippen LogP contribution in [0.2, 0.25) is 0 Å².